The molecule has 0 aliphatic heterocycles. The van der Waals surface area contributed by atoms with Crippen molar-refractivity contribution in [2.24, 2.45) is 7.05 Å². The fraction of sp³-hybridized carbons (Fsp3) is 0.250. The number of likely N-dealkylation sites (N-methyl/N-ethyl adjacent to an activating group) is 1. The third-order valence-corrected chi connectivity index (χ3v) is 4.61. The van der Waals surface area contributed by atoms with E-state index in [1.165, 1.54) is 4.57 Å². The summed E-state index contributed by atoms with van der Waals surface area (Å²) in [4.78, 5) is 27.5. The number of amides is 1. The molecule has 0 bridgehead atoms. The first-order valence-electron chi connectivity index (χ1n) is 6.98. The van der Waals surface area contributed by atoms with E-state index in [2.05, 4.69) is 0 Å². The number of hydrogen-bond donors (Lipinski definition) is 0. The maximum atomic E-state index is 12.4. The standard InChI is InChI=1S/C16H17N3O2S/c1-17(10-12-6-5-9-22-12)15(20)11-19-14-8-4-3-7-13(14)18(2)16(19)21/h3-9H,10-11H2,1-2H3. The Bertz CT molecular complexity index is 861. The smallest absolute Gasteiger partial charge is 0.329 e. The van der Waals surface area contributed by atoms with Crippen molar-refractivity contribution < 1.29 is 4.79 Å². The van der Waals surface area contributed by atoms with E-state index in [1.807, 2.05) is 41.8 Å². The Labute approximate surface area is 132 Å². The summed E-state index contributed by atoms with van der Waals surface area (Å²) in [6.07, 6.45) is 0. The van der Waals surface area contributed by atoms with Gasteiger partial charge in [0, 0.05) is 19.0 Å². The van der Waals surface area contributed by atoms with Crippen molar-refractivity contribution in [1.29, 1.82) is 0 Å². The summed E-state index contributed by atoms with van der Waals surface area (Å²) < 4.78 is 3.10. The largest absolute Gasteiger partial charge is 0.339 e. The second kappa shape index (κ2) is 5.81. The Morgan fingerprint density at radius 1 is 1.18 bits per heavy atom. The number of aromatic nitrogens is 2. The zero-order chi connectivity index (χ0) is 15.7. The van der Waals surface area contributed by atoms with E-state index in [4.69, 9.17) is 0 Å². The van der Waals surface area contributed by atoms with Gasteiger partial charge in [-0.1, -0.05) is 18.2 Å². The van der Waals surface area contributed by atoms with Gasteiger partial charge in [-0.15, -0.1) is 11.3 Å². The predicted molar refractivity (Wildman–Crippen MR) is 88.0 cm³/mol. The molecule has 0 atom stereocenters. The van der Waals surface area contributed by atoms with Crippen LogP contribution in [0.3, 0.4) is 0 Å². The maximum Gasteiger partial charge on any atom is 0.329 e. The van der Waals surface area contributed by atoms with Crippen LogP contribution in [0.25, 0.3) is 11.0 Å². The number of thiophene rings is 1. The molecule has 0 saturated heterocycles. The van der Waals surface area contributed by atoms with Gasteiger partial charge < -0.3 is 4.90 Å². The van der Waals surface area contributed by atoms with Crippen molar-refractivity contribution in [3.8, 4) is 0 Å². The number of hydrogen-bond acceptors (Lipinski definition) is 3. The van der Waals surface area contributed by atoms with E-state index < -0.39 is 0 Å². The van der Waals surface area contributed by atoms with E-state index in [0.717, 1.165) is 15.9 Å². The molecule has 0 saturated carbocycles. The first-order chi connectivity index (χ1) is 10.6. The van der Waals surface area contributed by atoms with E-state index >= 15 is 0 Å². The molecule has 114 valence electrons. The summed E-state index contributed by atoms with van der Waals surface area (Å²) in [6.45, 7) is 0.623. The Balaban J connectivity index is 1.85. The number of aryl methyl sites for hydroxylation is 1. The minimum absolute atomic E-state index is 0.0576. The van der Waals surface area contributed by atoms with Crippen LogP contribution in [0.5, 0.6) is 0 Å². The lowest BCUT2D eigenvalue weighted by Gasteiger charge is -2.16. The Morgan fingerprint density at radius 3 is 2.59 bits per heavy atom. The van der Waals surface area contributed by atoms with E-state index in [-0.39, 0.29) is 18.1 Å². The summed E-state index contributed by atoms with van der Waals surface area (Å²) in [6, 6.07) is 11.5. The van der Waals surface area contributed by atoms with Crippen molar-refractivity contribution in [1.82, 2.24) is 14.0 Å². The van der Waals surface area contributed by atoms with E-state index in [1.54, 1.807) is 34.9 Å². The summed E-state index contributed by atoms with van der Waals surface area (Å²) in [5, 5.41) is 1.99. The van der Waals surface area contributed by atoms with E-state index in [9.17, 15) is 9.59 Å². The maximum absolute atomic E-state index is 12.4. The van der Waals surface area contributed by atoms with Crippen LogP contribution in [-0.4, -0.2) is 27.0 Å². The zero-order valence-corrected chi connectivity index (χ0v) is 13.3. The predicted octanol–water partition coefficient (Wildman–Crippen LogP) is 2.06. The molecule has 3 rings (SSSR count). The zero-order valence-electron chi connectivity index (χ0n) is 12.5. The quantitative estimate of drug-likeness (QED) is 0.740. The minimum Gasteiger partial charge on any atom is -0.339 e. The third-order valence-electron chi connectivity index (χ3n) is 3.74. The topological polar surface area (TPSA) is 47.2 Å². The van der Waals surface area contributed by atoms with Gasteiger partial charge in [-0.05, 0) is 23.6 Å². The molecular weight excluding hydrogens is 298 g/mol. The number of carbonyl (C=O) groups excluding carboxylic acids is 1. The fourth-order valence-electron chi connectivity index (χ4n) is 2.50. The average molecular weight is 315 g/mol. The van der Waals surface area contributed by atoms with Crippen molar-refractivity contribution in [2.75, 3.05) is 7.05 Å². The van der Waals surface area contributed by atoms with Gasteiger partial charge in [0.15, 0.2) is 0 Å². The third kappa shape index (κ3) is 2.57. The average Bonchev–Trinajstić information content (AvgIpc) is 3.10. The number of imidazole rings is 1. The lowest BCUT2D eigenvalue weighted by Crippen LogP contribution is -2.33. The second-order valence-corrected chi connectivity index (χ2v) is 6.28. The van der Waals surface area contributed by atoms with Crippen LogP contribution >= 0.6 is 11.3 Å². The van der Waals surface area contributed by atoms with Gasteiger partial charge in [0.05, 0.1) is 17.6 Å². The summed E-state index contributed by atoms with van der Waals surface area (Å²) >= 11 is 1.62. The van der Waals surface area contributed by atoms with E-state index in [0.29, 0.717) is 6.54 Å². The molecule has 22 heavy (non-hydrogen) atoms. The van der Waals surface area contributed by atoms with Crippen molar-refractivity contribution >= 4 is 28.3 Å². The number of carbonyl (C=O) groups is 1. The molecule has 0 aliphatic rings. The molecule has 0 aliphatic carbocycles. The van der Waals surface area contributed by atoms with Crippen LogP contribution in [0.4, 0.5) is 0 Å². The van der Waals surface area contributed by atoms with Crippen LogP contribution in [0.2, 0.25) is 0 Å². The monoisotopic (exact) mass is 315 g/mol. The van der Waals surface area contributed by atoms with Gasteiger partial charge in [-0.2, -0.15) is 0 Å². The summed E-state index contributed by atoms with van der Waals surface area (Å²) in [5.41, 5.74) is 1.45. The number of nitrogens with zero attached hydrogens (tertiary/aromatic N) is 3. The number of para-hydroxylation sites is 2. The molecule has 2 aromatic heterocycles. The first-order valence-corrected chi connectivity index (χ1v) is 7.86. The first kappa shape index (κ1) is 14.6. The molecule has 0 unspecified atom stereocenters. The highest BCUT2D eigenvalue weighted by atomic mass is 32.1. The molecule has 5 nitrogen and oxygen atoms in total. The highest BCUT2D eigenvalue weighted by Crippen LogP contribution is 2.13. The van der Waals surface area contributed by atoms with Crippen LogP contribution in [0, 0.1) is 0 Å². The molecule has 0 spiro atoms. The van der Waals surface area contributed by atoms with Gasteiger partial charge in [0.2, 0.25) is 5.91 Å². The molecule has 0 fully saturated rings. The highest BCUT2D eigenvalue weighted by Gasteiger charge is 2.16. The Hall–Kier alpha value is -2.34. The normalized spacial score (nSPS) is 11.0. The number of fused-ring (bicyclic) bond motifs is 1. The van der Waals surface area contributed by atoms with Crippen LogP contribution < -0.4 is 5.69 Å². The molecule has 1 aromatic carbocycles. The lowest BCUT2D eigenvalue weighted by atomic mass is 10.3. The number of rotatable bonds is 4. The van der Waals surface area contributed by atoms with Crippen LogP contribution in [0.15, 0.2) is 46.6 Å². The molecule has 1 amide bonds. The molecule has 2 heterocycles. The molecule has 3 aromatic rings. The van der Waals surface area contributed by atoms with Crippen molar-refractivity contribution in [2.45, 2.75) is 13.1 Å². The molecule has 0 radical (unpaired) electrons. The van der Waals surface area contributed by atoms with Gasteiger partial charge in [-0.25, -0.2) is 4.79 Å². The Kier molecular flexibility index (Phi) is 3.85. The van der Waals surface area contributed by atoms with Gasteiger partial charge in [0.1, 0.15) is 6.54 Å². The molecule has 0 N–H and O–H groups in total. The SMILES string of the molecule is CN(Cc1cccs1)C(=O)Cn1c(=O)n(C)c2ccccc21. The van der Waals surface area contributed by atoms with Crippen molar-refractivity contribution in [3.63, 3.8) is 0 Å². The van der Waals surface area contributed by atoms with Crippen molar-refractivity contribution in [3.05, 3.63) is 57.1 Å². The lowest BCUT2D eigenvalue weighted by molar-refractivity contribution is -0.131. The second-order valence-electron chi connectivity index (χ2n) is 5.25. The minimum atomic E-state index is -0.168. The van der Waals surface area contributed by atoms with Gasteiger partial charge in [0.25, 0.3) is 0 Å². The Morgan fingerprint density at radius 2 is 1.91 bits per heavy atom. The van der Waals surface area contributed by atoms with Crippen LogP contribution in [0.1, 0.15) is 4.88 Å². The fourth-order valence-corrected chi connectivity index (χ4v) is 3.25. The number of benzene rings is 1. The summed E-state index contributed by atoms with van der Waals surface area (Å²) in [5.74, 6) is -0.0770. The molecular formula is C16H17N3O2S. The van der Waals surface area contributed by atoms with Gasteiger partial charge >= 0.3 is 5.69 Å². The van der Waals surface area contributed by atoms with Gasteiger partial charge in [-0.3, -0.25) is 13.9 Å². The highest BCUT2D eigenvalue weighted by molar-refractivity contribution is 7.09. The van der Waals surface area contributed by atoms with Crippen LogP contribution in [-0.2, 0) is 24.9 Å². The summed E-state index contributed by atoms with van der Waals surface area (Å²) in [7, 11) is 3.49. The molecule has 6 heteroatoms.